The molecule has 0 radical (unpaired) electrons. The highest BCUT2D eigenvalue weighted by atomic mass is 35.5. The van der Waals surface area contributed by atoms with E-state index in [9.17, 15) is 9.59 Å². The first-order chi connectivity index (χ1) is 15.0. The molecule has 31 heavy (non-hydrogen) atoms. The van der Waals surface area contributed by atoms with E-state index in [1.807, 2.05) is 53.9 Å². The van der Waals surface area contributed by atoms with Gasteiger partial charge in [0.2, 0.25) is 0 Å². The molecule has 5 nitrogen and oxygen atoms in total. The summed E-state index contributed by atoms with van der Waals surface area (Å²) >= 11 is 9.03. The molecule has 158 valence electrons. The van der Waals surface area contributed by atoms with E-state index in [1.165, 1.54) is 22.7 Å². The van der Waals surface area contributed by atoms with Crippen molar-refractivity contribution in [3.63, 3.8) is 0 Å². The van der Waals surface area contributed by atoms with Gasteiger partial charge in [0.05, 0.1) is 18.7 Å². The van der Waals surface area contributed by atoms with Gasteiger partial charge in [0.15, 0.2) is 0 Å². The maximum atomic E-state index is 13.0. The fourth-order valence-corrected chi connectivity index (χ4v) is 5.52. The van der Waals surface area contributed by atoms with Gasteiger partial charge < -0.3 is 14.8 Å². The Morgan fingerprint density at radius 2 is 1.84 bits per heavy atom. The number of amides is 1. The molecule has 0 atom stereocenters. The van der Waals surface area contributed by atoms with Crippen LogP contribution in [-0.2, 0) is 4.74 Å². The van der Waals surface area contributed by atoms with E-state index in [1.54, 1.807) is 14.0 Å². The lowest BCUT2D eigenvalue weighted by Gasteiger charge is -2.09. The Labute approximate surface area is 192 Å². The second-order valence-electron chi connectivity index (χ2n) is 6.50. The average molecular weight is 472 g/mol. The summed E-state index contributed by atoms with van der Waals surface area (Å²) in [6.07, 6.45) is 0. The Morgan fingerprint density at radius 1 is 1.10 bits per heavy atom. The van der Waals surface area contributed by atoms with Crippen molar-refractivity contribution in [2.45, 2.75) is 6.92 Å². The van der Waals surface area contributed by atoms with Gasteiger partial charge in [-0.3, -0.25) is 4.79 Å². The molecule has 0 aliphatic heterocycles. The Hall–Kier alpha value is -2.87. The van der Waals surface area contributed by atoms with E-state index in [0.717, 1.165) is 15.6 Å². The maximum absolute atomic E-state index is 13.0. The molecule has 2 aromatic carbocycles. The number of halogens is 1. The van der Waals surface area contributed by atoms with Crippen LogP contribution in [0.1, 0.15) is 27.0 Å². The largest absolute Gasteiger partial charge is 0.497 e. The third-order valence-electron chi connectivity index (χ3n) is 4.64. The molecule has 0 saturated carbocycles. The number of carbonyl (C=O) groups is 2. The first kappa shape index (κ1) is 21.4. The highest BCUT2D eigenvalue weighted by molar-refractivity contribution is 7.22. The number of benzene rings is 2. The number of anilines is 1. The Kier molecular flexibility index (Phi) is 6.27. The van der Waals surface area contributed by atoms with Crippen molar-refractivity contribution in [2.75, 3.05) is 19.0 Å². The van der Waals surface area contributed by atoms with Gasteiger partial charge >= 0.3 is 5.97 Å². The van der Waals surface area contributed by atoms with Gasteiger partial charge in [-0.15, -0.1) is 22.7 Å². The van der Waals surface area contributed by atoms with Crippen molar-refractivity contribution in [1.82, 2.24) is 0 Å². The van der Waals surface area contributed by atoms with E-state index >= 15 is 0 Å². The van der Waals surface area contributed by atoms with Gasteiger partial charge in [-0.2, -0.15) is 0 Å². The van der Waals surface area contributed by atoms with Crippen LogP contribution >= 0.6 is 34.3 Å². The standard InChI is InChI=1S/C23H18ClNO4S2/c1-3-29-23(27)18-16(13-8-10-14(28-2)11-9-13)12-30-22(18)25-21(26)20-19(24)15-6-4-5-7-17(15)31-20/h4-12H,3H2,1-2H3,(H,25,26). The second-order valence-corrected chi connectivity index (χ2v) is 8.81. The molecule has 0 spiro atoms. The predicted molar refractivity (Wildman–Crippen MR) is 127 cm³/mol. The molecule has 0 aliphatic carbocycles. The molecule has 0 aliphatic rings. The number of fused-ring (bicyclic) bond motifs is 1. The number of carbonyl (C=O) groups excluding carboxylic acids is 2. The molecule has 2 heterocycles. The average Bonchev–Trinajstić information content (AvgIpc) is 3.35. The first-order valence-electron chi connectivity index (χ1n) is 9.44. The first-order valence-corrected chi connectivity index (χ1v) is 11.5. The van der Waals surface area contributed by atoms with Gasteiger partial charge in [0.1, 0.15) is 21.2 Å². The van der Waals surface area contributed by atoms with Crippen LogP contribution < -0.4 is 10.1 Å². The number of ether oxygens (including phenoxy) is 2. The van der Waals surface area contributed by atoms with Gasteiger partial charge in [0, 0.05) is 21.0 Å². The Balaban J connectivity index is 1.71. The van der Waals surface area contributed by atoms with E-state index in [2.05, 4.69) is 5.32 Å². The number of nitrogens with one attached hydrogen (secondary N) is 1. The number of esters is 1. The molecule has 0 fully saturated rings. The van der Waals surface area contributed by atoms with Gasteiger partial charge in [-0.05, 0) is 30.7 Å². The monoisotopic (exact) mass is 471 g/mol. The van der Waals surface area contributed by atoms with Crippen LogP contribution in [0.15, 0.2) is 53.9 Å². The highest BCUT2D eigenvalue weighted by Gasteiger charge is 2.25. The van der Waals surface area contributed by atoms with Crippen LogP contribution in [0.4, 0.5) is 5.00 Å². The van der Waals surface area contributed by atoms with Crippen LogP contribution in [0.2, 0.25) is 5.02 Å². The third-order valence-corrected chi connectivity index (χ3v) is 7.21. The zero-order valence-corrected chi connectivity index (χ0v) is 19.1. The summed E-state index contributed by atoms with van der Waals surface area (Å²) in [7, 11) is 1.59. The zero-order chi connectivity index (χ0) is 22.0. The summed E-state index contributed by atoms with van der Waals surface area (Å²) in [6.45, 7) is 1.97. The van der Waals surface area contributed by atoms with Crippen molar-refractivity contribution in [2.24, 2.45) is 0 Å². The fourth-order valence-electron chi connectivity index (χ4n) is 3.16. The number of hydrogen-bond acceptors (Lipinski definition) is 6. The zero-order valence-electron chi connectivity index (χ0n) is 16.7. The van der Waals surface area contributed by atoms with Gasteiger partial charge in [-0.25, -0.2) is 4.79 Å². The molecular weight excluding hydrogens is 454 g/mol. The lowest BCUT2D eigenvalue weighted by atomic mass is 10.0. The molecule has 0 unspecified atom stereocenters. The summed E-state index contributed by atoms with van der Waals surface area (Å²) < 4.78 is 11.4. The fraction of sp³-hybridized carbons (Fsp3) is 0.130. The van der Waals surface area contributed by atoms with Gasteiger partial charge in [0.25, 0.3) is 5.91 Å². The van der Waals surface area contributed by atoms with E-state index in [4.69, 9.17) is 21.1 Å². The molecule has 8 heteroatoms. The number of methoxy groups -OCH3 is 1. The molecule has 1 N–H and O–H groups in total. The second kappa shape index (κ2) is 9.09. The minimum absolute atomic E-state index is 0.228. The lowest BCUT2D eigenvalue weighted by Crippen LogP contribution is -2.14. The Morgan fingerprint density at radius 3 is 2.52 bits per heavy atom. The molecular formula is C23H18ClNO4S2. The smallest absolute Gasteiger partial charge is 0.341 e. The van der Waals surface area contributed by atoms with Crippen LogP contribution in [0.5, 0.6) is 5.75 Å². The summed E-state index contributed by atoms with van der Waals surface area (Å²) in [4.78, 5) is 26.2. The summed E-state index contributed by atoms with van der Waals surface area (Å²) in [6, 6.07) is 14.9. The minimum atomic E-state index is -0.493. The van der Waals surface area contributed by atoms with E-state index in [0.29, 0.717) is 31.8 Å². The Bertz CT molecular complexity index is 1260. The van der Waals surface area contributed by atoms with E-state index in [-0.39, 0.29) is 12.5 Å². The molecule has 1 amide bonds. The third kappa shape index (κ3) is 4.17. The predicted octanol–water partition coefficient (Wildman–Crippen LogP) is 6.72. The summed E-state index contributed by atoms with van der Waals surface area (Å²) in [5, 5.41) is 6.34. The number of rotatable bonds is 6. The summed E-state index contributed by atoms with van der Waals surface area (Å²) in [5.74, 6) is -0.142. The van der Waals surface area contributed by atoms with Crippen LogP contribution in [0.3, 0.4) is 0 Å². The number of thiophene rings is 2. The normalized spacial score (nSPS) is 10.8. The topological polar surface area (TPSA) is 64.6 Å². The van der Waals surface area contributed by atoms with Crippen molar-refractivity contribution in [1.29, 1.82) is 0 Å². The van der Waals surface area contributed by atoms with Gasteiger partial charge in [-0.1, -0.05) is 41.9 Å². The minimum Gasteiger partial charge on any atom is -0.497 e. The van der Waals surface area contributed by atoms with E-state index < -0.39 is 5.97 Å². The van der Waals surface area contributed by atoms with Crippen molar-refractivity contribution in [3.05, 3.63) is 69.4 Å². The number of hydrogen-bond donors (Lipinski definition) is 1. The van der Waals surface area contributed by atoms with Crippen LogP contribution in [0.25, 0.3) is 21.2 Å². The highest BCUT2D eigenvalue weighted by Crippen LogP contribution is 2.39. The molecule has 4 rings (SSSR count). The van der Waals surface area contributed by atoms with Crippen LogP contribution in [0, 0.1) is 0 Å². The maximum Gasteiger partial charge on any atom is 0.341 e. The van der Waals surface area contributed by atoms with Crippen molar-refractivity contribution < 1.29 is 19.1 Å². The summed E-state index contributed by atoms with van der Waals surface area (Å²) in [5.41, 5.74) is 1.83. The quantitative estimate of drug-likeness (QED) is 0.317. The lowest BCUT2D eigenvalue weighted by molar-refractivity contribution is 0.0529. The molecule has 2 aromatic heterocycles. The molecule has 0 saturated heterocycles. The van der Waals surface area contributed by atoms with Crippen molar-refractivity contribution >= 4 is 61.2 Å². The van der Waals surface area contributed by atoms with Crippen LogP contribution in [-0.4, -0.2) is 25.6 Å². The SMILES string of the molecule is CCOC(=O)c1c(-c2ccc(OC)cc2)csc1NC(=O)c1sc2ccccc2c1Cl. The molecule has 0 bridgehead atoms. The molecule has 4 aromatic rings. The van der Waals surface area contributed by atoms with Crippen molar-refractivity contribution in [3.8, 4) is 16.9 Å².